The van der Waals surface area contributed by atoms with E-state index in [-0.39, 0.29) is 0 Å². The van der Waals surface area contributed by atoms with E-state index in [1.165, 1.54) is 32.3 Å². The molecule has 2 heteroatoms. The molecule has 4 aromatic carbocycles. The van der Waals surface area contributed by atoms with Gasteiger partial charge in [-0.2, -0.15) is 0 Å². The summed E-state index contributed by atoms with van der Waals surface area (Å²) in [7, 11) is 0. The van der Waals surface area contributed by atoms with Gasteiger partial charge in [0.25, 0.3) is 0 Å². The molecule has 0 amide bonds. The third-order valence-corrected chi connectivity index (χ3v) is 5.46. The molecule has 6 aromatic rings. The number of aromatic nitrogens is 2. The summed E-state index contributed by atoms with van der Waals surface area (Å²) >= 11 is 0. The van der Waals surface area contributed by atoms with Gasteiger partial charge in [-0.25, -0.2) is 9.97 Å². The van der Waals surface area contributed by atoms with E-state index in [4.69, 9.17) is 9.97 Å². The summed E-state index contributed by atoms with van der Waals surface area (Å²) in [5.41, 5.74) is 3.80. The summed E-state index contributed by atoms with van der Waals surface area (Å²) in [5.74, 6) is 0. The van der Waals surface area contributed by atoms with Crippen molar-refractivity contribution < 1.29 is 0 Å². The Morgan fingerprint density at radius 2 is 0.821 bits per heavy atom. The van der Waals surface area contributed by atoms with E-state index < -0.39 is 0 Å². The summed E-state index contributed by atoms with van der Waals surface area (Å²) in [5, 5.41) is 7.29. The third-order valence-electron chi connectivity index (χ3n) is 5.46. The van der Waals surface area contributed by atoms with Gasteiger partial charge in [0.2, 0.25) is 0 Å². The fourth-order valence-electron chi connectivity index (χ4n) is 4.06. The van der Waals surface area contributed by atoms with Gasteiger partial charge in [-0.1, -0.05) is 60.7 Å². The molecule has 0 unspecified atom stereocenters. The second-order valence-corrected chi connectivity index (χ2v) is 7.10. The van der Waals surface area contributed by atoms with Crippen LogP contribution in [0.3, 0.4) is 0 Å². The summed E-state index contributed by atoms with van der Waals surface area (Å²) in [4.78, 5) is 9.80. The Kier molecular flexibility index (Phi) is 3.20. The zero-order valence-electron chi connectivity index (χ0n) is 15.1. The van der Waals surface area contributed by atoms with Crippen LogP contribution in [0.2, 0.25) is 0 Å². The first-order valence-corrected chi connectivity index (χ1v) is 9.44. The summed E-state index contributed by atoms with van der Waals surface area (Å²) in [6.45, 7) is 0. The largest absolute Gasteiger partial charge is 0.246 e. The van der Waals surface area contributed by atoms with E-state index in [0.29, 0.717) is 0 Å². The second-order valence-electron chi connectivity index (χ2n) is 7.10. The molecule has 0 saturated carbocycles. The molecule has 0 N–H and O–H groups in total. The molecule has 0 fully saturated rings. The van der Waals surface area contributed by atoms with Crippen LogP contribution in [-0.2, 0) is 0 Å². The first kappa shape index (κ1) is 15.3. The lowest BCUT2D eigenvalue weighted by Gasteiger charge is -2.08. The minimum Gasteiger partial charge on any atom is -0.246 e. The molecule has 2 aromatic heterocycles. The predicted octanol–water partition coefficient (Wildman–Crippen LogP) is 6.76. The minimum absolute atomic E-state index is 0.901. The molecule has 0 bridgehead atoms. The van der Waals surface area contributed by atoms with Crippen molar-refractivity contribution in [1.82, 2.24) is 9.97 Å². The summed E-state index contributed by atoms with van der Waals surface area (Å²) in [6.07, 6.45) is 0. The molecule has 0 aliphatic carbocycles. The van der Waals surface area contributed by atoms with Crippen LogP contribution in [-0.4, -0.2) is 9.97 Å². The van der Waals surface area contributed by atoms with Crippen molar-refractivity contribution in [3.05, 3.63) is 97.1 Å². The maximum atomic E-state index is 4.90. The van der Waals surface area contributed by atoms with E-state index in [1.54, 1.807) is 0 Å². The molecule has 0 radical (unpaired) electrons. The molecule has 2 heterocycles. The van der Waals surface area contributed by atoms with Crippen molar-refractivity contribution >= 4 is 43.4 Å². The molecule has 0 aliphatic heterocycles. The van der Waals surface area contributed by atoms with Gasteiger partial charge >= 0.3 is 0 Å². The maximum absolute atomic E-state index is 4.90. The molecule has 28 heavy (non-hydrogen) atoms. The lowest BCUT2D eigenvalue weighted by molar-refractivity contribution is 1.32. The van der Waals surface area contributed by atoms with Crippen molar-refractivity contribution in [2.75, 3.05) is 0 Å². The van der Waals surface area contributed by atoms with Crippen LogP contribution in [0.25, 0.3) is 54.7 Å². The molecule has 0 aliphatic rings. The molecule has 0 spiro atoms. The van der Waals surface area contributed by atoms with Gasteiger partial charge in [0, 0.05) is 10.8 Å². The first-order chi connectivity index (χ1) is 13.9. The van der Waals surface area contributed by atoms with Crippen LogP contribution >= 0.6 is 0 Å². The highest BCUT2D eigenvalue weighted by Gasteiger charge is 2.08. The number of nitrogens with zero attached hydrogens (tertiary/aromatic N) is 2. The van der Waals surface area contributed by atoms with Crippen molar-refractivity contribution in [1.29, 1.82) is 0 Å². The van der Waals surface area contributed by atoms with Crippen molar-refractivity contribution in [3.8, 4) is 11.4 Å². The molecule has 130 valence electrons. The average molecular weight is 356 g/mol. The first-order valence-electron chi connectivity index (χ1n) is 9.44. The van der Waals surface area contributed by atoms with Gasteiger partial charge in [-0.3, -0.25) is 0 Å². The van der Waals surface area contributed by atoms with Crippen LogP contribution in [0.4, 0.5) is 0 Å². The van der Waals surface area contributed by atoms with Gasteiger partial charge < -0.3 is 0 Å². The standard InChI is InChI=1S/C26H16N2/c1-3-7-19-17(5-1)9-13-23-21(19)11-15-25(27-23)26-16-12-22-20-8-4-2-6-18(20)10-14-24(22)28-26/h1-16H. The van der Waals surface area contributed by atoms with Gasteiger partial charge in [-0.05, 0) is 57.9 Å². The Morgan fingerprint density at radius 1 is 0.357 bits per heavy atom. The van der Waals surface area contributed by atoms with E-state index in [0.717, 1.165) is 22.4 Å². The highest BCUT2D eigenvalue weighted by Crippen LogP contribution is 2.29. The maximum Gasteiger partial charge on any atom is 0.0894 e. The van der Waals surface area contributed by atoms with Crippen LogP contribution in [0.5, 0.6) is 0 Å². The monoisotopic (exact) mass is 356 g/mol. The topological polar surface area (TPSA) is 25.8 Å². The molecule has 2 nitrogen and oxygen atoms in total. The van der Waals surface area contributed by atoms with Crippen LogP contribution in [0.1, 0.15) is 0 Å². The Hall–Kier alpha value is -3.78. The normalized spacial score (nSPS) is 11.6. The summed E-state index contributed by atoms with van der Waals surface area (Å²) < 4.78 is 0. The number of rotatable bonds is 1. The number of fused-ring (bicyclic) bond motifs is 6. The predicted molar refractivity (Wildman–Crippen MR) is 117 cm³/mol. The van der Waals surface area contributed by atoms with Crippen LogP contribution < -0.4 is 0 Å². The van der Waals surface area contributed by atoms with E-state index in [1.807, 2.05) is 0 Å². The molecule has 0 atom stereocenters. The number of benzene rings is 4. The Labute approximate surface area is 162 Å². The number of pyridine rings is 2. The Morgan fingerprint density at radius 3 is 1.32 bits per heavy atom. The van der Waals surface area contributed by atoms with Crippen molar-refractivity contribution in [2.24, 2.45) is 0 Å². The molecular weight excluding hydrogens is 340 g/mol. The quantitative estimate of drug-likeness (QED) is 0.304. The smallest absolute Gasteiger partial charge is 0.0894 e. The van der Waals surface area contributed by atoms with Gasteiger partial charge in [0.1, 0.15) is 0 Å². The fourth-order valence-corrected chi connectivity index (χ4v) is 4.06. The number of hydrogen-bond donors (Lipinski definition) is 0. The van der Waals surface area contributed by atoms with E-state index >= 15 is 0 Å². The van der Waals surface area contributed by atoms with Crippen LogP contribution in [0, 0.1) is 0 Å². The SMILES string of the molecule is c1ccc2c(c1)ccc1nc(-c3ccc4c(ccc5ccccc54)n3)ccc12. The molecular formula is C26H16N2. The van der Waals surface area contributed by atoms with Gasteiger partial charge in [0.05, 0.1) is 22.4 Å². The summed E-state index contributed by atoms with van der Waals surface area (Å²) in [6, 6.07) is 33.8. The lowest BCUT2D eigenvalue weighted by Crippen LogP contribution is -1.90. The Bertz CT molecular complexity index is 1400. The van der Waals surface area contributed by atoms with Gasteiger partial charge in [-0.15, -0.1) is 0 Å². The number of hydrogen-bond acceptors (Lipinski definition) is 2. The Balaban J connectivity index is 1.55. The zero-order chi connectivity index (χ0) is 18.5. The fraction of sp³-hybridized carbons (Fsp3) is 0. The third kappa shape index (κ3) is 2.28. The van der Waals surface area contributed by atoms with Crippen molar-refractivity contribution in [2.45, 2.75) is 0 Å². The van der Waals surface area contributed by atoms with Crippen molar-refractivity contribution in [3.63, 3.8) is 0 Å². The molecule has 0 saturated heterocycles. The average Bonchev–Trinajstić information content (AvgIpc) is 2.78. The van der Waals surface area contributed by atoms with Crippen LogP contribution in [0.15, 0.2) is 97.1 Å². The van der Waals surface area contributed by atoms with E-state index in [9.17, 15) is 0 Å². The highest BCUT2D eigenvalue weighted by molar-refractivity contribution is 6.07. The zero-order valence-corrected chi connectivity index (χ0v) is 15.1. The van der Waals surface area contributed by atoms with Gasteiger partial charge in [0.15, 0.2) is 0 Å². The second kappa shape index (κ2) is 5.86. The van der Waals surface area contributed by atoms with E-state index in [2.05, 4.69) is 97.1 Å². The minimum atomic E-state index is 0.901. The lowest BCUT2D eigenvalue weighted by atomic mass is 10.0. The molecule has 6 rings (SSSR count). The highest BCUT2D eigenvalue weighted by atomic mass is 14.8.